The number of amides is 1. The van der Waals surface area contributed by atoms with Gasteiger partial charge in [0.1, 0.15) is 0 Å². The van der Waals surface area contributed by atoms with Crippen molar-refractivity contribution in [2.45, 2.75) is 25.3 Å². The molecule has 0 atom stereocenters. The van der Waals surface area contributed by atoms with Crippen molar-refractivity contribution in [3.63, 3.8) is 0 Å². The first-order valence-corrected chi connectivity index (χ1v) is 4.40. The molecule has 0 aromatic heterocycles. The van der Waals surface area contributed by atoms with Gasteiger partial charge in [-0.05, 0) is 32.9 Å². The molecule has 1 aliphatic heterocycles. The highest BCUT2D eigenvalue weighted by Gasteiger charge is 2.25. The number of hydrogen-bond donors (Lipinski definition) is 3. The molecule has 12 heavy (non-hydrogen) atoms. The molecule has 1 heterocycles. The van der Waals surface area contributed by atoms with Crippen LogP contribution in [0.1, 0.15) is 19.8 Å². The van der Waals surface area contributed by atoms with Crippen molar-refractivity contribution in [3.8, 4) is 0 Å². The lowest BCUT2D eigenvalue weighted by molar-refractivity contribution is -0.109. The fraction of sp³-hybridized carbons (Fsp3) is 0.875. The van der Waals surface area contributed by atoms with Gasteiger partial charge in [0.25, 0.3) is 0 Å². The Labute approximate surface area is 73.1 Å². The van der Waals surface area contributed by atoms with E-state index in [1.165, 1.54) is 0 Å². The van der Waals surface area contributed by atoms with Crippen LogP contribution in [0.4, 0.5) is 0 Å². The first-order chi connectivity index (χ1) is 5.77. The van der Waals surface area contributed by atoms with E-state index in [2.05, 4.69) is 22.9 Å². The van der Waals surface area contributed by atoms with E-state index in [0.29, 0.717) is 6.67 Å². The van der Waals surface area contributed by atoms with Gasteiger partial charge < -0.3 is 10.6 Å². The lowest BCUT2D eigenvalue weighted by atomic mass is 9.91. The van der Waals surface area contributed by atoms with Gasteiger partial charge in [-0.3, -0.25) is 10.1 Å². The van der Waals surface area contributed by atoms with E-state index in [1.54, 1.807) is 0 Å². The Hall–Kier alpha value is -0.610. The summed E-state index contributed by atoms with van der Waals surface area (Å²) in [6, 6.07) is 0. The van der Waals surface area contributed by atoms with Crippen LogP contribution in [0.25, 0.3) is 0 Å². The van der Waals surface area contributed by atoms with Crippen LogP contribution in [0.5, 0.6) is 0 Å². The van der Waals surface area contributed by atoms with E-state index in [9.17, 15) is 4.79 Å². The van der Waals surface area contributed by atoms with Gasteiger partial charge in [0.2, 0.25) is 6.41 Å². The van der Waals surface area contributed by atoms with Gasteiger partial charge in [-0.2, -0.15) is 0 Å². The van der Waals surface area contributed by atoms with Crippen LogP contribution in [0, 0.1) is 0 Å². The Bertz CT molecular complexity index is 143. The quantitative estimate of drug-likeness (QED) is 0.301. The van der Waals surface area contributed by atoms with Crippen LogP contribution in [0.3, 0.4) is 0 Å². The van der Waals surface area contributed by atoms with E-state index < -0.39 is 0 Å². The fourth-order valence-corrected chi connectivity index (χ4v) is 1.46. The maximum atomic E-state index is 9.99. The molecule has 4 nitrogen and oxygen atoms in total. The van der Waals surface area contributed by atoms with E-state index in [-0.39, 0.29) is 5.54 Å². The van der Waals surface area contributed by atoms with Gasteiger partial charge in [-0.25, -0.2) is 0 Å². The molecule has 1 aliphatic rings. The van der Waals surface area contributed by atoms with Crippen LogP contribution in [-0.2, 0) is 4.79 Å². The highest BCUT2D eigenvalue weighted by atomic mass is 16.1. The lowest BCUT2D eigenvalue weighted by Crippen LogP contribution is -2.52. The Kier molecular flexibility index (Phi) is 3.49. The number of piperidine rings is 1. The zero-order valence-corrected chi connectivity index (χ0v) is 7.52. The SMILES string of the molecule is CC1(NCNC=O)CCNCC1. The van der Waals surface area contributed by atoms with Crippen LogP contribution in [0.15, 0.2) is 0 Å². The summed E-state index contributed by atoms with van der Waals surface area (Å²) in [7, 11) is 0. The molecule has 0 saturated carbocycles. The summed E-state index contributed by atoms with van der Waals surface area (Å²) < 4.78 is 0. The summed E-state index contributed by atoms with van der Waals surface area (Å²) in [5, 5.41) is 9.23. The number of hydrogen-bond acceptors (Lipinski definition) is 3. The standard InChI is InChI=1S/C8H17N3O/c1-8(11-6-10-7-12)2-4-9-5-3-8/h7,9,11H,2-6H2,1H3,(H,10,12). The zero-order chi connectivity index (χ0) is 8.86. The number of nitrogens with one attached hydrogen (secondary N) is 3. The molecule has 0 spiro atoms. The molecule has 1 rings (SSSR count). The fourth-order valence-electron chi connectivity index (χ4n) is 1.46. The third-order valence-corrected chi connectivity index (χ3v) is 2.41. The molecule has 1 saturated heterocycles. The predicted molar refractivity (Wildman–Crippen MR) is 47.7 cm³/mol. The monoisotopic (exact) mass is 171 g/mol. The largest absolute Gasteiger partial charge is 0.346 e. The van der Waals surface area contributed by atoms with E-state index in [1.807, 2.05) is 0 Å². The summed E-state index contributed by atoms with van der Waals surface area (Å²) in [5.74, 6) is 0. The first-order valence-electron chi connectivity index (χ1n) is 4.40. The van der Waals surface area contributed by atoms with Gasteiger partial charge in [0.05, 0.1) is 6.67 Å². The number of rotatable bonds is 4. The Morgan fingerprint density at radius 2 is 2.17 bits per heavy atom. The maximum absolute atomic E-state index is 9.99. The van der Waals surface area contributed by atoms with Crippen LogP contribution < -0.4 is 16.0 Å². The smallest absolute Gasteiger partial charge is 0.208 e. The van der Waals surface area contributed by atoms with Crippen molar-refractivity contribution in [2.75, 3.05) is 19.8 Å². The minimum atomic E-state index is 0.196. The average molecular weight is 171 g/mol. The molecule has 4 heteroatoms. The first kappa shape index (κ1) is 9.48. The second-order valence-corrected chi connectivity index (χ2v) is 3.49. The topological polar surface area (TPSA) is 53.2 Å². The Balaban J connectivity index is 2.21. The number of carbonyl (C=O) groups is 1. The summed E-state index contributed by atoms with van der Waals surface area (Å²) >= 11 is 0. The van der Waals surface area contributed by atoms with Crippen molar-refractivity contribution in [2.24, 2.45) is 0 Å². The highest BCUT2D eigenvalue weighted by Crippen LogP contribution is 2.15. The molecule has 1 amide bonds. The Morgan fingerprint density at radius 3 is 2.75 bits per heavy atom. The molecular formula is C8H17N3O. The molecule has 70 valence electrons. The molecule has 1 fully saturated rings. The maximum Gasteiger partial charge on any atom is 0.208 e. The van der Waals surface area contributed by atoms with Crippen molar-refractivity contribution in [3.05, 3.63) is 0 Å². The van der Waals surface area contributed by atoms with Crippen LogP contribution in [-0.4, -0.2) is 31.7 Å². The summed E-state index contributed by atoms with van der Waals surface area (Å²) in [6.07, 6.45) is 2.96. The van der Waals surface area contributed by atoms with Crippen molar-refractivity contribution in [1.29, 1.82) is 0 Å². The van der Waals surface area contributed by atoms with Gasteiger partial charge in [-0.1, -0.05) is 0 Å². The molecule has 0 radical (unpaired) electrons. The van der Waals surface area contributed by atoms with Crippen LogP contribution in [0.2, 0.25) is 0 Å². The normalized spacial score (nSPS) is 21.8. The third kappa shape index (κ3) is 2.79. The minimum Gasteiger partial charge on any atom is -0.346 e. The zero-order valence-electron chi connectivity index (χ0n) is 7.52. The van der Waals surface area contributed by atoms with Gasteiger partial charge in [0.15, 0.2) is 0 Å². The third-order valence-electron chi connectivity index (χ3n) is 2.41. The van der Waals surface area contributed by atoms with Gasteiger partial charge >= 0.3 is 0 Å². The van der Waals surface area contributed by atoms with Gasteiger partial charge in [-0.15, -0.1) is 0 Å². The average Bonchev–Trinajstić information content (AvgIpc) is 2.06. The van der Waals surface area contributed by atoms with Crippen LogP contribution >= 0.6 is 0 Å². The summed E-state index contributed by atoms with van der Waals surface area (Å²) in [4.78, 5) is 9.99. The van der Waals surface area contributed by atoms with E-state index in [0.717, 1.165) is 32.3 Å². The molecule has 0 unspecified atom stereocenters. The van der Waals surface area contributed by atoms with E-state index >= 15 is 0 Å². The molecule has 3 N–H and O–H groups in total. The summed E-state index contributed by atoms with van der Waals surface area (Å²) in [6.45, 7) is 4.88. The van der Waals surface area contributed by atoms with E-state index in [4.69, 9.17) is 0 Å². The molecule has 0 aromatic rings. The van der Waals surface area contributed by atoms with Crippen molar-refractivity contribution in [1.82, 2.24) is 16.0 Å². The minimum absolute atomic E-state index is 0.196. The van der Waals surface area contributed by atoms with Crippen molar-refractivity contribution < 1.29 is 4.79 Å². The molecular weight excluding hydrogens is 154 g/mol. The predicted octanol–water partition coefficient (Wildman–Crippen LogP) is -0.578. The Morgan fingerprint density at radius 1 is 1.50 bits per heavy atom. The second kappa shape index (κ2) is 4.42. The van der Waals surface area contributed by atoms with Gasteiger partial charge in [0, 0.05) is 5.54 Å². The highest BCUT2D eigenvalue weighted by molar-refractivity contribution is 5.45. The second-order valence-electron chi connectivity index (χ2n) is 3.49. The molecule has 0 aliphatic carbocycles. The number of carbonyl (C=O) groups excluding carboxylic acids is 1. The molecule has 0 aromatic carbocycles. The molecule has 0 bridgehead atoms. The van der Waals surface area contributed by atoms with Crippen molar-refractivity contribution >= 4 is 6.41 Å². The summed E-state index contributed by atoms with van der Waals surface area (Å²) in [5.41, 5.74) is 0.196. The lowest BCUT2D eigenvalue weighted by Gasteiger charge is -2.35.